The number of aliphatic hydroxyl groups is 1. The molecule has 0 heterocycles. The first-order chi connectivity index (χ1) is 9.11. The van der Waals surface area contributed by atoms with Crippen LogP contribution in [0.25, 0.3) is 0 Å². The number of rotatable bonds is 4. The average molecular weight is 260 g/mol. The molecule has 1 nitrogen and oxygen atoms in total. The van der Waals surface area contributed by atoms with Gasteiger partial charge in [0.1, 0.15) is 0 Å². The second-order valence-corrected chi connectivity index (χ2v) is 6.32. The SMILES string of the molecule is CCC1CCCCC1C(O)Cc1cc(C)ccc1C. The van der Waals surface area contributed by atoms with Gasteiger partial charge in [0, 0.05) is 0 Å². The molecule has 1 heteroatoms. The van der Waals surface area contributed by atoms with Crippen LogP contribution in [0.1, 0.15) is 55.7 Å². The van der Waals surface area contributed by atoms with Gasteiger partial charge in [0.05, 0.1) is 6.10 Å². The van der Waals surface area contributed by atoms with Gasteiger partial charge in [-0.15, -0.1) is 0 Å². The fraction of sp³-hybridized carbons (Fsp3) is 0.667. The van der Waals surface area contributed by atoms with E-state index in [1.807, 2.05) is 0 Å². The minimum atomic E-state index is -0.161. The molecule has 19 heavy (non-hydrogen) atoms. The average Bonchev–Trinajstić information content (AvgIpc) is 2.42. The first-order valence-electron chi connectivity index (χ1n) is 7.86. The van der Waals surface area contributed by atoms with Crippen LogP contribution in [0, 0.1) is 25.7 Å². The van der Waals surface area contributed by atoms with Crippen LogP contribution in [0.3, 0.4) is 0 Å². The van der Waals surface area contributed by atoms with Crippen LogP contribution in [0.5, 0.6) is 0 Å². The minimum Gasteiger partial charge on any atom is -0.392 e. The monoisotopic (exact) mass is 260 g/mol. The van der Waals surface area contributed by atoms with Gasteiger partial charge in [-0.05, 0) is 49.7 Å². The fourth-order valence-corrected chi connectivity index (χ4v) is 3.65. The molecular formula is C18H28O. The van der Waals surface area contributed by atoms with Crippen LogP contribution in [0.2, 0.25) is 0 Å². The number of aliphatic hydroxyl groups excluding tert-OH is 1. The van der Waals surface area contributed by atoms with Gasteiger partial charge < -0.3 is 5.11 Å². The standard InChI is InChI=1S/C18H28O/c1-4-15-7-5-6-8-17(15)18(19)12-16-11-13(2)9-10-14(16)3/h9-11,15,17-19H,4-8,12H2,1-3H3. The summed E-state index contributed by atoms with van der Waals surface area (Å²) in [6, 6.07) is 6.57. The van der Waals surface area contributed by atoms with Gasteiger partial charge in [0.2, 0.25) is 0 Å². The Balaban J connectivity index is 2.06. The Labute approximate surface area is 118 Å². The normalized spacial score (nSPS) is 25.3. The van der Waals surface area contributed by atoms with Crippen molar-refractivity contribution < 1.29 is 5.11 Å². The first-order valence-corrected chi connectivity index (χ1v) is 7.86. The van der Waals surface area contributed by atoms with E-state index >= 15 is 0 Å². The van der Waals surface area contributed by atoms with E-state index in [4.69, 9.17) is 0 Å². The number of hydrogen-bond acceptors (Lipinski definition) is 1. The predicted octanol–water partition coefficient (Wildman–Crippen LogP) is 4.42. The molecule has 0 bridgehead atoms. The summed E-state index contributed by atoms with van der Waals surface area (Å²) >= 11 is 0. The summed E-state index contributed by atoms with van der Waals surface area (Å²) < 4.78 is 0. The maximum absolute atomic E-state index is 10.6. The molecule has 3 atom stereocenters. The van der Waals surface area contributed by atoms with Crippen molar-refractivity contribution in [2.45, 2.75) is 65.4 Å². The third-order valence-corrected chi connectivity index (χ3v) is 4.92. The van der Waals surface area contributed by atoms with Crippen LogP contribution in [0.15, 0.2) is 18.2 Å². The summed E-state index contributed by atoms with van der Waals surface area (Å²) in [7, 11) is 0. The largest absolute Gasteiger partial charge is 0.392 e. The molecule has 1 aliphatic rings. The van der Waals surface area contributed by atoms with E-state index < -0.39 is 0 Å². The third-order valence-electron chi connectivity index (χ3n) is 4.92. The highest BCUT2D eigenvalue weighted by Crippen LogP contribution is 2.35. The zero-order valence-electron chi connectivity index (χ0n) is 12.7. The predicted molar refractivity (Wildman–Crippen MR) is 81.4 cm³/mol. The van der Waals surface area contributed by atoms with Crippen LogP contribution in [-0.2, 0) is 6.42 Å². The highest BCUT2D eigenvalue weighted by Gasteiger charge is 2.29. The summed E-state index contributed by atoms with van der Waals surface area (Å²) in [6.07, 6.45) is 7.06. The van der Waals surface area contributed by atoms with Gasteiger partial charge in [0.15, 0.2) is 0 Å². The Bertz CT molecular complexity index is 410. The van der Waals surface area contributed by atoms with Gasteiger partial charge in [-0.1, -0.05) is 56.4 Å². The van der Waals surface area contributed by atoms with Crippen molar-refractivity contribution in [3.8, 4) is 0 Å². The Kier molecular flexibility index (Phi) is 5.04. The first kappa shape index (κ1) is 14.6. The summed E-state index contributed by atoms with van der Waals surface area (Å²) in [5.41, 5.74) is 3.94. The second kappa shape index (κ2) is 6.56. The lowest BCUT2D eigenvalue weighted by Crippen LogP contribution is -2.32. The van der Waals surface area contributed by atoms with E-state index in [2.05, 4.69) is 39.0 Å². The topological polar surface area (TPSA) is 20.2 Å². The molecule has 106 valence electrons. The molecule has 1 N–H and O–H groups in total. The van der Waals surface area contributed by atoms with Crippen molar-refractivity contribution in [2.75, 3.05) is 0 Å². The van der Waals surface area contributed by atoms with E-state index in [0.717, 1.165) is 12.3 Å². The van der Waals surface area contributed by atoms with E-state index in [0.29, 0.717) is 5.92 Å². The molecule has 0 radical (unpaired) electrons. The minimum absolute atomic E-state index is 0.161. The summed E-state index contributed by atoms with van der Waals surface area (Å²) in [5, 5.41) is 10.6. The highest BCUT2D eigenvalue weighted by atomic mass is 16.3. The fourth-order valence-electron chi connectivity index (χ4n) is 3.65. The van der Waals surface area contributed by atoms with Crippen molar-refractivity contribution >= 4 is 0 Å². The zero-order valence-corrected chi connectivity index (χ0v) is 12.7. The van der Waals surface area contributed by atoms with Crippen molar-refractivity contribution in [2.24, 2.45) is 11.8 Å². The van der Waals surface area contributed by atoms with E-state index in [1.165, 1.54) is 48.8 Å². The van der Waals surface area contributed by atoms with Crippen molar-refractivity contribution in [3.63, 3.8) is 0 Å². The van der Waals surface area contributed by atoms with Crippen molar-refractivity contribution in [1.82, 2.24) is 0 Å². The number of benzene rings is 1. The molecule has 1 saturated carbocycles. The molecule has 0 amide bonds. The second-order valence-electron chi connectivity index (χ2n) is 6.32. The Morgan fingerprint density at radius 3 is 2.68 bits per heavy atom. The maximum atomic E-state index is 10.6. The maximum Gasteiger partial charge on any atom is 0.0611 e. The lowest BCUT2D eigenvalue weighted by atomic mass is 9.73. The molecule has 0 aliphatic heterocycles. The van der Waals surface area contributed by atoms with Gasteiger partial charge in [-0.2, -0.15) is 0 Å². The molecule has 2 rings (SSSR count). The number of hydrogen-bond donors (Lipinski definition) is 1. The molecule has 3 unspecified atom stereocenters. The van der Waals surface area contributed by atoms with Crippen LogP contribution >= 0.6 is 0 Å². The van der Waals surface area contributed by atoms with Gasteiger partial charge >= 0.3 is 0 Å². The summed E-state index contributed by atoms with van der Waals surface area (Å²) in [5.74, 6) is 1.24. The molecule has 0 spiro atoms. The van der Waals surface area contributed by atoms with Crippen molar-refractivity contribution in [1.29, 1.82) is 0 Å². The van der Waals surface area contributed by atoms with Crippen LogP contribution in [0.4, 0.5) is 0 Å². The molecule has 1 aromatic rings. The Morgan fingerprint density at radius 1 is 1.21 bits per heavy atom. The lowest BCUT2D eigenvalue weighted by molar-refractivity contribution is 0.0463. The van der Waals surface area contributed by atoms with Gasteiger partial charge in [-0.3, -0.25) is 0 Å². The van der Waals surface area contributed by atoms with Crippen molar-refractivity contribution in [3.05, 3.63) is 34.9 Å². The quantitative estimate of drug-likeness (QED) is 0.849. The van der Waals surface area contributed by atoms with E-state index in [9.17, 15) is 5.11 Å². The van der Waals surface area contributed by atoms with Gasteiger partial charge in [0.25, 0.3) is 0 Å². The van der Waals surface area contributed by atoms with E-state index in [1.54, 1.807) is 0 Å². The summed E-state index contributed by atoms with van der Waals surface area (Å²) in [6.45, 7) is 6.55. The lowest BCUT2D eigenvalue weighted by Gasteiger charge is -2.34. The zero-order chi connectivity index (χ0) is 13.8. The molecule has 1 aromatic carbocycles. The number of aryl methyl sites for hydroxylation is 2. The smallest absolute Gasteiger partial charge is 0.0611 e. The van der Waals surface area contributed by atoms with Crippen LogP contribution < -0.4 is 0 Å². The Hall–Kier alpha value is -0.820. The highest BCUT2D eigenvalue weighted by molar-refractivity contribution is 5.31. The molecule has 0 saturated heterocycles. The van der Waals surface area contributed by atoms with Crippen LogP contribution in [-0.4, -0.2) is 11.2 Å². The molecular weight excluding hydrogens is 232 g/mol. The molecule has 1 aliphatic carbocycles. The summed E-state index contributed by atoms with van der Waals surface area (Å²) in [4.78, 5) is 0. The Morgan fingerprint density at radius 2 is 1.95 bits per heavy atom. The van der Waals surface area contributed by atoms with E-state index in [-0.39, 0.29) is 6.10 Å². The van der Waals surface area contributed by atoms with Gasteiger partial charge in [-0.25, -0.2) is 0 Å². The third kappa shape index (κ3) is 3.60. The molecule has 0 aromatic heterocycles. The molecule has 1 fully saturated rings.